The van der Waals surface area contributed by atoms with Crippen LogP contribution in [0.1, 0.15) is 24.9 Å². The summed E-state index contributed by atoms with van der Waals surface area (Å²) in [6, 6.07) is 10.1. The molecule has 8 heteroatoms. The van der Waals surface area contributed by atoms with E-state index in [0.717, 1.165) is 23.3 Å². The van der Waals surface area contributed by atoms with Crippen molar-refractivity contribution in [3.05, 3.63) is 48.5 Å². The van der Waals surface area contributed by atoms with E-state index in [1.54, 1.807) is 6.33 Å². The number of nitrogens with zero attached hydrogens (tertiary/aromatic N) is 5. The molecule has 1 aromatic carbocycles. The van der Waals surface area contributed by atoms with E-state index in [0.29, 0.717) is 18.0 Å². The molecule has 0 bridgehead atoms. The van der Waals surface area contributed by atoms with Crippen molar-refractivity contribution in [3.8, 4) is 5.88 Å². The van der Waals surface area contributed by atoms with Gasteiger partial charge in [0.05, 0.1) is 24.6 Å². The summed E-state index contributed by atoms with van der Waals surface area (Å²) in [5.74, 6) is 0.507. The van der Waals surface area contributed by atoms with E-state index in [1.165, 1.54) is 6.33 Å². The molecule has 2 aromatic heterocycles. The van der Waals surface area contributed by atoms with Crippen LogP contribution < -0.4 is 4.74 Å². The highest BCUT2D eigenvalue weighted by Gasteiger charge is 2.52. The molecule has 8 nitrogen and oxygen atoms in total. The molecular formula is C20H21N5O3. The van der Waals surface area contributed by atoms with Crippen molar-refractivity contribution in [2.24, 2.45) is 17.0 Å². The first-order chi connectivity index (χ1) is 13.8. The van der Waals surface area contributed by atoms with Crippen molar-refractivity contribution in [1.29, 1.82) is 0 Å². The summed E-state index contributed by atoms with van der Waals surface area (Å²) in [6.07, 6.45) is 3.89. The van der Waals surface area contributed by atoms with Gasteiger partial charge in [0, 0.05) is 18.6 Å². The van der Waals surface area contributed by atoms with Crippen molar-refractivity contribution in [1.82, 2.24) is 19.5 Å². The highest BCUT2D eigenvalue weighted by atomic mass is 16.6. The van der Waals surface area contributed by atoms with Gasteiger partial charge in [0.1, 0.15) is 12.4 Å². The summed E-state index contributed by atoms with van der Waals surface area (Å²) in [6.45, 7) is 2.48. The standard InChI is InChI=1S/C20H21N5O3/c1-2-27-20-17-19(21-10-22-20)25(11-23-17)14-8-13(9-26)18-15(14)16(24-28-18)12-6-4-3-5-7-12/h3-7,10-11,13-15,18,26H,2,8-9H2,1H3/t13-,14-,15-,18-/m1/s1. The number of imidazole rings is 1. The van der Waals surface area contributed by atoms with Crippen LogP contribution in [0.2, 0.25) is 0 Å². The summed E-state index contributed by atoms with van der Waals surface area (Å²) in [5.41, 5.74) is 3.31. The highest BCUT2D eigenvalue weighted by Crippen LogP contribution is 2.47. The Hall–Kier alpha value is -3.00. The normalized spacial score (nSPS) is 26.1. The maximum atomic E-state index is 9.91. The first-order valence-electron chi connectivity index (χ1n) is 9.52. The van der Waals surface area contributed by atoms with E-state index in [-0.39, 0.29) is 30.6 Å². The molecule has 0 saturated heterocycles. The predicted molar refractivity (Wildman–Crippen MR) is 102 cm³/mol. The maximum Gasteiger partial charge on any atom is 0.245 e. The molecule has 3 heterocycles. The number of fused-ring (bicyclic) bond motifs is 2. The Morgan fingerprint density at radius 2 is 2.07 bits per heavy atom. The molecule has 1 aliphatic carbocycles. The average molecular weight is 379 g/mol. The van der Waals surface area contributed by atoms with E-state index in [2.05, 4.69) is 24.7 Å². The quantitative estimate of drug-likeness (QED) is 0.730. The molecule has 3 aromatic rings. The van der Waals surface area contributed by atoms with Crippen LogP contribution in [0.3, 0.4) is 0 Å². The first kappa shape index (κ1) is 17.1. The molecule has 1 fully saturated rings. The van der Waals surface area contributed by atoms with Crippen molar-refractivity contribution in [2.45, 2.75) is 25.5 Å². The van der Waals surface area contributed by atoms with Gasteiger partial charge in [0.2, 0.25) is 5.88 Å². The molecule has 0 spiro atoms. The Bertz CT molecular complexity index is 1020. The molecule has 0 unspecified atom stereocenters. The molecule has 5 rings (SSSR count). The van der Waals surface area contributed by atoms with Gasteiger partial charge in [0.15, 0.2) is 11.2 Å². The van der Waals surface area contributed by atoms with Crippen molar-refractivity contribution < 1.29 is 14.7 Å². The van der Waals surface area contributed by atoms with Gasteiger partial charge in [0.25, 0.3) is 0 Å². The number of hydrogen-bond acceptors (Lipinski definition) is 7. The summed E-state index contributed by atoms with van der Waals surface area (Å²) >= 11 is 0. The van der Waals surface area contributed by atoms with Crippen LogP contribution in [0.25, 0.3) is 11.2 Å². The number of benzene rings is 1. The van der Waals surface area contributed by atoms with Crippen LogP contribution in [-0.2, 0) is 4.84 Å². The summed E-state index contributed by atoms with van der Waals surface area (Å²) in [5, 5.41) is 14.3. The summed E-state index contributed by atoms with van der Waals surface area (Å²) in [4.78, 5) is 19.0. The third-order valence-corrected chi connectivity index (χ3v) is 5.63. The van der Waals surface area contributed by atoms with Crippen LogP contribution in [0, 0.1) is 11.8 Å². The summed E-state index contributed by atoms with van der Waals surface area (Å²) < 4.78 is 7.65. The van der Waals surface area contributed by atoms with Gasteiger partial charge in [-0.05, 0) is 18.9 Å². The van der Waals surface area contributed by atoms with Gasteiger partial charge in [-0.2, -0.15) is 4.98 Å². The van der Waals surface area contributed by atoms with E-state index in [9.17, 15) is 5.11 Å². The van der Waals surface area contributed by atoms with Crippen LogP contribution in [0.5, 0.6) is 5.88 Å². The number of rotatable bonds is 5. The molecule has 4 atom stereocenters. The molecule has 144 valence electrons. The lowest BCUT2D eigenvalue weighted by molar-refractivity contribution is 0.0206. The average Bonchev–Trinajstić information content (AvgIpc) is 3.43. The fourth-order valence-electron chi connectivity index (χ4n) is 4.41. The third kappa shape index (κ3) is 2.56. The van der Waals surface area contributed by atoms with Crippen molar-refractivity contribution >= 4 is 16.9 Å². The SMILES string of the molecule is CCOc1ncnc2c1ncn2[C@@H]1C[C@H](CO)[C@H]2ON=C(c3ccccc3)[C@H]21. The van der Waals surface area contributed by atoms with Crippen LogP contribution >= 0.6 is 0 Å². The molecular weight excluding hydrogens is 358 g/mol. The highest BCUT2D eigenvalue weighted by molar-refractivity contribution is 6.03. The molecule has 1 saturated carbocycles. The van der Waals surface area contributed by atoms with E-state index in [4.69, 9.17) is 9.57 Å². The number of ether oxygens (including phenoxy) is 1. The second-order valence-corrected chi connectivity index (χ2v) is 7.12. The van der Waals surface area contributed by atoms with Gasteiger partial charge in [-0.25, -0.2) is 9.97 Å². The summed E-state index contributed by atoms with van der Waals surface area (Å²) in [7, 11) is 0. The van der Waals surface area contributed by atoms with Crippen LogP contribution in [0.15, 0.2) is 48.1 Å². The third-order valence-electron chi connectivity index (χ3n) is 5.63. The van der Waals surface area contributed by atoms with Gasteiger partial charge in [-0.15, -0.1) is 0 Å². The second kappa shape index (κ2) is 6.87. The number of aliphatic hydroxyl groups excluding tert-OH is 1. The number of aliphatic hydroxyl groups is 1. The zero-order valence-corrected chi connectivity index (χ0v) is 15.5. The topological polar surface area (TPSA) is 94.7 Å². The fourth-order valence-corrected chi connectivity index (χ4v) is 4.41. The van der Waals surface area contributed by atoms with Gasteiger partial charge in [-0.1, -0.05) is 35.5 Å². The lowest BCUT2D eigenvalue weighted by Gasteiger charge is -2.20. The number of oxime groups is 1. The van der Waals surface area contributed by atoms with E-state index < -0.39 is 0 Å². The van der Waals surface area contributed by atoms with E-state index in [1.807, 2.05) is 37.3 Å². The molecule has 0 amide bonds. The van der Waals surface area contributed by atoms with Crippen molar-refractivity contribution in [2.75, 3.05) is 13.2 Å². The van der Waals surface area contributed by atoms with Crippen LogP contribution in [0.4, 0.5) is 0 Å². The van der Waals surface area contributed by atoms with Crippen LogP contribution in [-0.4, -0.2) is 49.7 Å². The molecule has 2 aliphatic rings. The number of aromatic nitrogens is 4. The minimum absolute atomic E-state index is 0.00520. The molecule has 1 N–H and O–H groups in total. The lowest BCUT2D eigenvalue weighted by atomic mass is 9.90. The Balaban J connectivity index is 1.58. The van der Waals surface area contributed by atoms with Gasteiger partial charge in [-0.3, -0.25) is 0 Å². The molecule has 28 heavy (non-hydrogen) atoms. The lowest BCUT2D eigenvalue weighted by Crippen LogP contribution is -2.28. The largest absolute Gasteiger partial charge is 0.476 e. The predicted octanol–water partition coefficient (Wildman–Crippen LogP) is 2.20. The van der Waals surface area contributed by atoms with E-state index >= 15 is 0 Å². The maximum absolute atomic E-state index is 9.91. The first-order valence-corrected chi connectivity index (χ1v) is 9.52. The molecule has 1 aliphatic heterocycles. The molecule has 0 radical (unpaired) electrons. The second-order valence-electron chi connectivity index (χ2n) is 7.12. The fraction of sp³-hybridized carbons (Fsp3) is 0.400. The van der Waals surface area contributed by atoms with Gasteiger partial charge < -0.3 is 19.2 Å². The Kier molecular flexibility index (Phi) is 4.20. The monoisotopic (exact) mass is 379 g/mol. The zero-order chi connectivity index (χ0) is 19.1. The Morgan fingerprint density at radius 1 is 1.21 bits per heavy atom. The van der Waals surface area contributed by atoms with Gasteiger partial charge >= 0.3 is 0 Å². The Labute approximate surface area is 161 Å². The minimum Gasteiger partial charge on any atom is -0.476 e. The van der Waals surface area contributed by atoms with Crippen molar-refractivity contribution in [3.63, 3.8) is 0 Å². The Morgan fingerprint density at radius 3 is 2.86 bits per heavy atom. The number of hydrogen-bond donors (Lipinski definition) is 1. The zero-order valence-electron chi connectivity index (χ0n) is 15.5. The smallest absolute Gasteiger partial charge is 0.245 e. The minimum atomic E-state index is -0.157.